The van der Waals surface area contributed by atoms with Gasteiger partial charge in [-0.2, -0.15) is 13.2 Å². The third-order valence-electron chi connectivity index (χ3n) is 3.65. The van der Waals surface area contributed by atoms with E-state index in [1.165, 1.54) is 24.3 Å². The van der Waals surface area contributed by atoms with Crippen LogP contribution in [0.15, 0.2) is 48.5 Å². The number of aliphatic hydroxyl groups excluding tert-OH is 1. The highest BCUT2D eigenvalue weighted by atomic mass is 19.4. The second-order valence-corrected chi connectivity index (χ2v) is 5.34. The van der Waals surface area contributed by atoms with Gasteiger partial charge in [0.2, 0.25) is 0 Å². The minimum atomic E-state index is -4.47. The van der Waals surface area contributed by atoms with Crippen LogP contribution in [-0.2, 0) is 17.4 Å². The van der Waals surface area contributed by atoms with Crippen molar-refractivity contribution >= 4 is 5.97 Å². The van der Waals surface area contributed by atoms with Gasteiger partial charge in [0.15, 0.2) is 0 Å². The van der Waals surface area contributed by atoms with E-state index in [1.807, 2.05) is 0 Å². The van der Waals surface area contributed by atoms with Crippen LogP contribution in [0.1, 0.15) is 22.8 Å². The van der Waals surface area contributed by atoms with E-state index in [2.05, 4.69) is 0 Å². The summed E-state index contributed by atoms with van der Waals surface area (Å²) in [4.78, 5) is 11.4. The second kappa shape index (κ2) is 7.00. The summed E-state index contributed by atoms with van der Waals surface area (Å²) in [6.45, 7) is 0. The molecule has 7 heteroatoms. The number of hydrogen-bond acceptors (Lipinski definition) is 2. The number of carboxylic acid groups (broad SMARTS) is 1. The molecule has 0 heterocycles. The minimum Gasteiger partial charge on any atom is -0.481 e. The molecule has 2 rings (SSSR count). The standard InChI is InChI=1S/C17H14F4O3/c18-13-7-3-11(4-8-13)15(22)14(16(23)24)9-10-1-5-12(6-2-10)17(19,20)21/h1-8,14-15,22H,9H2,(H,23,24). The number of aliphatic carboxylic acids is 1. The minimum absolute atomic E-state index is 0.161. The van der Waals surface area contributed by atoms with Crippen LogP contribution < -0.4 is 0 Å². The topological polar surface area (TPSA) is 57.5 Å². The van der Waals surface area contributed by atoms with Crippen molar-refractivity contribution in [2.24, 2.45) is 5.92 Å². The zero-order valence-electron chi connectivity index (χ0n) is 12.3. The molecule has 0 aliphatic heterocycles. The highest BCUT2D eigenvalue weighted by Crippen LogP contribution is 2.30. The molecule has 2 aromatic rings. The first-order valence-corrected chi connectivity index (χ1v) is 7.01. The van der Waals surface area contributed by atoms with Gasteiger partial charge in [0, 0.05) is 0 Å². The Morgan fingerprint density at radius 3 is 2.00 bits per heavy atom. The van der Waals surface area contributed by atoms with Gasteiger partial charge in [-0.25, -0.2) is 4.39 Å². The fourth-order valence-electron chi connectivity index (χ4n) is 2.31. The van der Waals surface area contributed by atoms with E-state index in [0.717, 1.165) is 24.3 Å². The summed E-state index contributed by atoms with van der Waals surface area (Å²) >= 11 is 0. The molecule has 0 fully saturated rings. The predicted molar refractivity (Wildman–Crippen MR) is 77.6 cm³/mol. The molecule has 0 bridgehead atoms. The molecule has 0 aliphatic carbocycles. The fraction of sp³-hybridized carbons (Fsp3) is 0.235. The van der Waals surface area contributed by atoms with Gasteiger partial charge in [-0.1, -0.05) is 24.3 Å². The molecule has 2 aromatic carbocycles. The van der Waals surface area contributed by atoms with Crippen molar-refractivity contribution in [2.75, 3.05) is 0 Å². The number of halogens is 4. The Balaban J connectivity index is 2.19. The van der Waals surface area contributed by atoms with E-state index < -0.39 is 35.5 Å². The molecule has 0 aromatic heterocycles. The zero-order valence-corrected chi connectivity index (χ0v) is 12.3. The maximum Gasteiger partial charge on any atom is 0.416 e. The van der Waals surface area contributed by atoms with Gasteiger partial charge in [-0.3, -0.25) is 4.79 Å². The zero-order chi connectivity index (χ0) is 17.9. The quantitative estimate of drug-likeness (QED) is 0.812. The van der Waals surface area contributed by atoms with Gasteiger partial charge in [0.25, 0.3) is 0 Å². The summed E-state index contributed by atoms with van der Waals surface area (Å²) in [5.74, 6) is -3.10. The molecule has 0 saturated carbocycles. The Morgan fingerprint density at radius 2 is 1.54 bits per heavy atom. The third-order valence-corrected chi connectivity index (χ3v) is 3.65. The number of hydrogen-bond donors (Lipinski definition) is 2. The van der Waals surface area contributed by atoms with E-state index in [4.69, 9.17) is 0 Å². The van der Waals surface area contributed by atoms with Crippen LogP contribution in [0, 0.1) is 11.7 Å². The Labute approximate surface area is 135 Å². The second-order valence-electron chi connectivity index (χ2n) is 5.34. The molecule has 24 heavy (non-hydrogen) atoms. The summed E-state index contributed by atoms with van der Waals surface area (Å²) in [5.41, 5.74) is -0.274. The molecule has 0 aliphatic rings. The lowest BCUT2D eigenvalue weighted by Gasteiger charge is -2.20. The van der Waals surface area contributed by atoms with Gasteiger partial charge in [-0.05, 0) is 41.8 Å². The molecule has 2 atom stereocenters. The molecule has 0 saturated heterocycles. The molecule has 0 spiro atoms. The number of carbonyl (C=O) groups is 1. The van der Waals surface area contributed by atoms with E-state index in [0.29, 0.717) is 5.56 Å². The molecule has 0 radical (unpaired) electrons. The van der Waals surface area contributed by atoms with Crippen LogP contribution in [-0.4, -0.2) is 16.2 Å². The van der Waals surface area contributed by atoms with Crippen molar-refractivity contribution in [3.63, 3.8) is 0 Å². The first kappa shape index (κ1) is 17.9. The van der Waals surface area contributed by atoms with E-state index >= 15 is 0 Å². The Morgan fingerprint density at radius 1 is 1.00 bits per heavy atom. The summed E-state index contributed by atoms with van der Waals surface area (Å²) in [7, 11) is 0. The smallest absolute Gasteiger partial charge is 0.416 e. The van der Waals surface area contributed by atoms with Crippen molar-refractivity contribution in [3.8, 4) is 0 Å². The number of alkyl halides is 3. The highest BCUT2D eigenvalue weighted by Gasteiger charge is 2.31. The van der Waals surface area contributed by atoms with Crippen LogP contribution in [0.4, 0.5) is 17.6 Å². The van der Waals surface area contributed by atoms with Crippen molar-refractivity contribution in [2.45, 2.75) is 18.7 Å². The van der Waals surface area contributed by atoms with Crippen molar-refractivity contribution in [1.82, 2.24) is 0 Å². The van der Waals surface area contributed by atoms with Gasteiger partial charge >= 0.3 is 12.1 Å². The van der Waals surface area contributed by atoms with Crippen LogP contribution >= 0.6 is 0 Å². The Hall–Kier alpha value is -2.41. The average Bonchev–Trinajstić information content (AvgIpc) is 2.52. The summed E-state index contributed by atoms with van der Waals surface area (Å²) < 4.78 is 50.5. The molecular formula is C17H14F4O3. The first-order chi connectivity index (χ1) is 11.2. The molecule has 128 valence electrons. The third kappa shape index (κ3) is 4.32. The normalized spacial score (nSPS) is 14.2. The molecule has 2 N–H and O–H groups in total. The fourth-order valence-corrected chi connectivity index (χ4v) is 2.31. The van der Waals surface area contributed by atoms with Crippen LogP contribution in [0.5, 0.6) is 0 Å². The molecule has 0 amide bonds. The monoisotopic (exact) mass is 342 g/mol. The number of benzene rings is 2. The lowest BCUT2D eigenvalue weighted by atomic mass is 9.89. The van der Waals surface area contributed by atoms with E-state index in [1.54, 1.807) is 0 Å². The maximum atomic E-state index is 12.9. The van der Waals surface area contributed by atoms with Crippen molar-refractivity contribution in [1.29, 1.82) is 0 Å². The Bertz CT molecular complexity index is 693. The number of carboxylic acids is 1. The lowest BCUT2D eigenvalue weighted by molar-refractivity contribution is -0.146. The van der Waals surface area contributed by atoms with Crippen LogP contribution in [0.2, 0.25) is 0 Å². The van der Waals surface area contributed by atoms with Gasteiger partial charge in [-0.15, -0.1) is 0 Å². The van der Waals surface area contributed by atoms with E-state index in [-0.39, 0.29) is 12.0 Å². The largest absolute Gasteiger partial charge is 0.481 e. The number of aliphatic hydroxyl groups is 1. The molecule has 3 nitrogen and oxygen atoms in total. The van der Waals surface area contributed by atoms with Gasteiger partial charge in [0.1, 0.15) is 5.82 Å². The lowest BCUT2D eigenvalue weighted by Crippen LogP contribution is -2.24. The summed E-state index contributed by atoms with van der Waals surface area (Å²) in [5, 5.41) is 19.5. The maximum absolute atomic E-state index is 12.9. The van der Waals surface area contributed by atoms with Gasteiger partial charge in [0.05, 0.1) is 17.6 Å². The SMILES string of the molecule is O=C(O)C(Cc1ccc(C(F)(F)F)cc1)C(O)c1ccc(F)cc1. The highest BCUT2D eigenvalue weighted by molar-refractivity contribution is 5.71. The van der Waals surface area contributed by atoms with Crippen LogP contribution in [0.25, 0.3) is 0 Å². The van der Waals surface area contributed by atoms with Crippen molar-refractivity contribution < 1.29 is 32.6 Å². The van der Waals surface area contributed by atoms with Crippen molar-refractivity contribution in [3.05, 3.63) is 71.0 Å². The summed E-state index contributed by atoms with van der Waals surface area (Å²) in [6.07, 6.45) is -6.05. The molecule has 2 unspecified atom stereocenters. The average molecular weight is 342 g/mol. The number of rotatable bonds is 5. The van der Waals surface area contributed by atoms with Crippen LogP contribution in [0.3, 0.4) is 0 Å². The van der Waals surface area contributed by atoms with E-state index in [9.17, 15) is 32.6 Å². The Kier molecular flexibility index (Phi) is 5.23. The molecular weight excluding hydrogens is 328 g/mol. The summed E-state index contributed by atoms with van der Waals surface area (Å²) in [6, 6.07) is 8.79. The first-order valence-electron chi connectivity index (χ1n) is 7.01. The van der Waals surface area contributed by atoms with Gasteiger partial charge < -0.3 is 10.2 Å². The predicted octanol–water partition coefficient (Wildman–Crippen LogP) is 3.82.